The Morgan fingerprint density at radius 1 is 1.07 bits per heavy atom. The van der Waals surface area contributed by atoms with E-state index in [1.165, 1.54) is 7.11 Å². The van der Waals surface area contributed by atoms with Gasteiger partial charge in [-0.25, -0.2) is 23.4 Å². The van der Waals surface area contributed by atoms with Gasteiger partial charge in [0.2, 0.25) is 5.88 Å². The van der Waals surface area contributed by atoms with Crippen LogP contribution in [0.25, 0.3) is 0 Å². The minimum atomic E-state index is -5.15. The third kappa shape index (κ3) is 8.37. The van der Waals surface area contributed by atoms with Crippen LogP contribution in [-0.2, 0) is 23.9 Å². The van der Waals surface area contributed by atoms with Crippen LogP contribution in [0.1, 0.15) is 48.0 Å². The Morgan fingerprint density at radius 3 is 2.33 bits per heavy atom. The number of aromatic carboxylic acids is 1. The number of anilines is 3. The molecule has 1 amide bonds. The van der Waals surface area contributed by atoms with Crippen LogP contribution in [0.15, 0.2) is 36.4 Å². The normalized spacial score (nSPS) is 11.7. The highest BCUT2D eigenvalue weighted by molar-refractivity contribution is 6.32. The maximum Gasteiger partial charge on any atom is 0.419 e. The van der Waals surface area contributed by atoms with Crippen molar-refractivity contribution in [3.05, 3.63) is 75.4 Å². The number of hydrogen-bond donors (Lipinski definition) is 3. The van der Waals surface area contributed by atoms with Gasteiger partial charge in [-0.2, -0.15) is 13.2 Å². The summed E-state index contributed by atoms with van der Waals surface area (Å²) in [6, 6.07) is 5.58. The van der Waals surface area contributed by atoms with Gasteiger partial charge in [-0.05, 0) is 51.1 Å². The van der Waals surface area contributed by atoms with E-state index in [9.17, 15) is 36.6 Å². The number of pyridine rings is 1. The molecular weight excluding hydrogens is 603 g/mol. The first kappa shape index (κ1) is 33.2. The van der Waals surface area contributed by atoms with Crippen molar-refractivity contribution in [3.8, 4) is 5.88 Å². The van der Waals surface area contributed by atoms with E-state index >= 15 is 0 Å². The standard InChI is InChI=1S/C28H28ClF5N4O5/c1-27(2,3)43-26(41)38(10-9-21-19(35)6-8-23(37-21)42-4)13-15-20(7-5-17(30)24(15)29)36-22-12-16(28(32,33)34)18(31)11-14(22)25(39)40/h5-8,11-12,36H,9-10,13,35H2,1-4H3,(H,39,40). The molecule has 0 spiro atoms. The number of carbonyl (C=O) groups is 2. The third-order valence-electron chi connectivity index (χ3n) is 5.92. The molecule has 3 rings (SSSR count). The number of methoxy groups -OCH3 is 1. The number of nitrogens with two attached hydrogens (primary N) is 1. The summed E-state index contributed by atoms with van der Waals surface area (Å²) in [5, 5.41) is 11.5. The van der Waals surface area contributed by atoms with Gasteiger partial charge >= 0.3 is 18.2 Å². The first-order chi connectivity index (χ1) is 19.9. The maximum absolute atomic E-state index is 14.7. The van der Waals surface area contributed by atoms with Gasteiger partial charge in [-0.15, -0.1) is 0 Å². The molecule has 3 aromatic rings. The molecule has 0 unspecified atom stereocenters. The SMILES string of the molecule is COc1ccc(N)c(CCN(Cc2c(Nc3cc(C(F)(F)F)c(F)cc3C(=O)O)ccc(F)c2Cl)C(=O)OC(C)(C)C)n1. The monoisotopic (exact) mass is 630 g/mol. The van der Waals surface area contributed by atoms with Crippen molar-refractivity contribution in [3.63, 3.8) is 0 Å². The van der Waals surface area contributed by atoms with Crippen LogP contribution in [0.4, 0.5) is 43.8 Å². The van der Waals surface area contributed by atoms with Gasteiger partial charge in [0, 0.05) is 30.3 Å². The molecule has 0 saturated heterocycles. The van der Waals surface area contributed by atoms with E-state index in [1.807, 2.05) is 0 Å². The van der Waals surface area contributed by atoms with Crippen LogP contribution in [0.3, 0.4) is 0 Å². The van der Waals surface area contributed by atoms with Crippen molar-refractivity contribution >= 4 is 40.7 Å². The fourth-order valence-electron chi connectivity index (χ4n) is 3.88. The predicted molar refractivity (Wildman–Crippen MR) is 149 cm³/mol. The van der Waals surface area contributed by atoms with Crippen molar-refractivity contribution in [1.29, 1.82) is 0 Å². The molecule has 0 aliphatic heterocycles. The fourth-order valence-corrected chi connectivity index (χ4v) is 4.10. The number of carboxylic acids is 1. The topological polar surface area (TPSA) is 127 Å². The van der Waals surface area contributed by atoms with Crippen molar-refractivity contribution in [1.82, 2.24) is 9.88 Å². The minimum absolute atomic E-state index is 0.0774. The molecule has 0 radical (unpaired) electrons. The van der Waals surface area contributed by atoms with E-state index < -0.39 is 63.9 Å². The summed E-state index contributed by atoms with van der Waals surface area (Å²) in [6.07, 6.45) is -5.93. The summed E-state index contributed by atoms with van der Waals surface area (Å²) < 4.78 is 79.7. The summed E-state index contributed by atoms with van der Waals surface area (Å²) >= 11 is 6.26. The second-order valence-electron chi connectivity index (χ2n) is 10.2. The number of nitrogens with zero attached hydrogens (tertiary/aromatic N) is 2. The fraction of sp³-hybridized carbons (Fsp3) is 0.321. The summed E-state index contributed by atoms with van der Waals surface area (Å²) in [6.45, 7) is 4.31. The van der Waals surface area contributed by atoms with Gasteiger partial charge < -0.3 is 30.5 Å². The number of aromatic nitrogens is 1. The highest BCUT2D eigenvalue weighted by atomic mass is 35.5. The summed E-state index contributed by atoms with van der Waals surface area (Å²) in [5.74, 6) is -4.20. The predicted octanol–water partition coefficient (Wildman–Crippen LogP) is 7.04. The number of nitrogens with one attached hydrogen (secondary N) is 1. The number of rotatable bonds is 9. The molecule has 15 heteroatoms. The summed E-state index contributed by atoms with van der Waals surface area (Å²) in [7, 11) is 1.41. The van der Waals surface area contributed by atoms with Crippen LogP contribution < -0.4 is 15.8 Å². The van der Waals surface area contributed by atoms with E-state index in [-0.39, 0.29) is 42.2 Å². The zero-order chi connectivity index (χ0) is 32.3. The first-order valence-electron chi connectivity index (χ1n) is 12.6. The van der Waals surface area contributed by atoms with E-state index in [2.05, 4.69) is 10.3 Å². The highest BCUT2D eigenvalue weighted by Gasteiger charge is 2.36. The zero-order valence-corrected chi connectivity index (χ0v) is 24.2. The lowest BCUT2D eigenvalue weighted by atomic mass is 10.1. The quantitative estimate of drug-likeness (QED) is 0.215. The number of carboxylic acid groups (broad SMARTS) is 1. The van der Waals surface area contributed by atoms with E-state index in [0.717, 1.165) is 17.0 Å². The number of amides is 1. The highest BCUT2D eigenvalue weighted by Crippen LogP contribution is 2.37. The molecule has 9 nitrogen and oxygen atoms in total. The molecule has 232 valence electrons. The van der Waals surface area contributed by atoms with Crippen LogP contribution >= 0.6 is 11.6 Å². The molecule has 0 fully saturated rings. The van der Waals surface area contributed by atoms with Gasteiger partial charge in [-0.1, -0.05) is 11.6 Å². The number of hydrogen-bond acceptors (Lipinski definition) is 7. The van der Waals surface area contributed by atoms with Gasteiger partial charge in [0.25, 0.3) is 0 Å². The number of carbonyl (C=O) groups excluding carboxylic acids is 1. The van der Waals surface area contributed by atoms with Gasteiger partial charge in [0.15, 0.2) is 0 Å². The zero-order valence-electron chi connectivity index (χ0n) is 23.4. The smallest absolute Gasteiger partial charge is 0.419 e. The van der Waals surface area contributed by atoms with Crippen molar-refractivity contribution in [2.24, 2.45) is 0 Å². The maximum atomic E-state index is 14.7. The molecule has 4 N–H and O–H groups in total. The summed E-state index contributed by atoms with van der Waals surface area (Å²) in [5.41, 5.74) is 2.24. The first-order valence-corrected chi connectivity index (χ1v) is 12.9. The Labute approximate surface area is 248 Å². The number of nitrogen functional groups attached to an aromatic ring is 1. The molecule has 0 atom stereocenters. The molecule has 0 aliphatic carbocycles. The number of halogens is 6. The van der Waals surface area contributed by atoms with Crippen LogP contribution in [0.2, 0.25) is 5.02 Å². The Kier molecular flexibility index (Phi) is 9.95. The average Bonchev–Trinajstić information content (AvgIpc) is 2.89. The number of ether oxygens (including phenoxy) is 2. The van der Waals surface area contributed by atoms with Crippen molar-refractivity contribution in [2.45, 2.75) is 45.5 Å². The second-order valence-corrected chi connectivity index (χ2v) is 10.6. The Hall–Kier alpha value is -4.33. The Bertz CT molecular complexity index is 1530. The Balaban J connectivity index is 2.07. The molecule has 0 aliphatic rings. The molecule has 1 heterocycles. The van der Waals surface area contributed by atoms with Gasteiger partial charge in [0.05, 0.1) is 46.9 Å². The molecule has 0 bridgehead atoms. The third-order valence-corrected chi connectivity index (χ3v) is 6.33. The second kappa shape index (κ2) is 12.9. The van der Waals surface area contributed by atoms with E-state index in [0.29, 0.717) is 11.4 Å². The lowest BCUT2D eigenvalue weighted by molar-refractivity contribution is -0.139. The molecule has 2 aromatic carbocycles. The van der Waals surface area contributed by atoms with Crippen LogP contribution in [0, 0.1) is 11.6 Å². The van der Waals surface area contributed by atoms with Crippen LogP contribution in [-0.4, -0.2) is 46.3 Å². The van der Waals surface area contributed by atoms with Crippen LogP contribution in [0.5, 0.6) is 5.88 Å². The number of alkyl halides is 3. The number of benzene rings is 2. The van der Waals surface area contributed by atoms with Crippen molar-refractivity contribution < 1.29 is 46.1 Å². The molecule has 43 heavy (non-hydrogen) atoms. The Morgan fingerprint density at radius 2 is 1.74 bits per heavy atom. The van der Waals surface area contributed by atoms with Gasteiger partial charge in [-0.3, -0.25) is 0 Å². The minimum Gasteiger partial charge on any atom is -0.481 e. The van der Waals surface area contributed by atoms with E-state index in [1.54, 1.807) is 32.9 Å². The molecule has 1 aromatic heterocycles. The molecule has 0 saturated carbocycles. The van der Waals surface area contributed by atoms with E-state index in [4.69, 9.17) is 26.8 Å². The average molecular weight is 631 g/mol. The lowest BCUT2D eigenvalue weighted by Crippen LogP contribution is -2.38. The molecular formula is C28H28ClF5N4O5. The summed E-state index contributed by atoms with van der Waals surface area (Å²) in [4.78, 5) is 30.4. The van der Waals surface area contributed by atoms with Gasteiger partial charge in [0.1, 0.15) is 17.2 Å². The lowest BCUT2D eigenvalue weighted by Gasteiger charge is -2.29. The van der Waals surface area contributed by atoms with Crippen molar-refractivity contribution in [2.75, 3.05) is 24.7 Å². The largest absolute Gasteiger partial charge is 0.481 e.